The molecule has 152 valence electrons. The Hall–Kier alpha value is -3.70. The van der Waals surface area contributed by atoms with E-state index in [0.717, 1.165) is 12.1 Å². The van der Waals surface area contributed by atoms with E-state index in [0.29, 0.717) is 17.1 Å². The molecule has 2 N–H and O–H groups in total. The minimum atomic E-state index is -4.51. The summed E-state index contributed by atoms with van der Waals surface area (Å²) in [6.45, 7) is 6.95. The van der Waals surface area contributed by atoms with Gasteiger partial charge in [-0.15, -0.1) is 0 Å². The van der Waals surface area contributed by atoms with Crippen LogP contribution in [0.4, 0.5) is 35.0 Å². The average Bonchev–Trinajstić information content (AvgIpc) is 2.70. The maximum Gasteiger partial charge on any atom is 0.416 e. The van der Waals surface area contributed by atoms with Gasteiger partial charge in [0.1, 0.15) is 11.5 Å². The summed E-state index contributed by atoms with van der Waals surface area (Å²) in [6.07, 6.45) is -4.51. The minimum absolute atomic E-state index is 0.00680. The van der Waals surface area contributed by atoms with Gasteiger partial charge in [-0.25, -0.2) is 9.64 Å². The van der Waals surface area contributed by atoms with Crippen molar-refractivity contribution in [3.8, 4) is 11.5 Å². The number of carbonyl (C=O) groups is 1. The van der Waals surface area contributed by atoms with Gasteiger partial charge in [0.05, 0.1) is 17.2 Å². The molecular formula is C21H13ClF3N3O2. The summed E-state index contributed by atoms with van der Waals surface area (Å²) in [4.78, 5) is 15.5. The summed E-state index contributed by atoms with van der Waals surface area (Å²) in [5.41, 5.74) is -0.105. The molecular weight excluding hydrogens is 419 g/mol. The van der Waals surface area contributed by atoms with Gasteiger partial charge in [0.2, 0.25) is 0 Å². The van der Waals surface area contributed by atoms with Crippen LogP contribution >= 0.6 is 11.6 Å². The lowest BCUT2D eigenvalue weighted by Crippen LogP contribution is -2.19. The maximum absolute atomic E-state index is 12.8. The number of amides is 2. The predicted octanol–water partition coefficient (Wildman–Crippen LogP) is 7.35. The van der Waals surface area contributed by atoms with E-state index in [2.05, 4.69) is 15.5 Å². The topological polar surface area (TPSA) is 54.7 Å². The molecule has 0 heterocycles. The molecule has 0 aliphatic carbocycles. The van der Waals surface area contributed by atoms with Crippen molar-refractivity contribution in [2.75, 3.05) is 10.6 Å². The molecule has 0 radical (unpaired) electrons. The van der Waals surface area contributed by atoms with E-state index < -0.39 is 17.8 Å². The molecule has 0 aliphatic heterocycles. The summed E-state index contributed by atoms with van der Waals surface area (Å²) in [5.74, 6) is 0.693. The fourth-order valence-electron chi connectivity index (χ4n) is 2.44. The molecule has 0 saturated carbocycles. The van der Waals surface area contributed by atoms with Gasteiger partial charge in [-0.1, -0.05) is 29.8 Å². The first-order chi connectivity index (χ1) is 14.2. The highest BCUT2D eigenvalue weighted by atomic mass is 35.5. The molecule has 30 heavy (non-hydrogen) atoms. The number of rotatable bonds is 4. The van der Waals surface area contributed by atoms with Crippen molar-refractivity contribution in [3.63, 3.8) is 0 Å². The van der Waals surface area contributed by atoms with Gasteiger partial charge in [-0.2, -0.15) is 13.2 Å². The normalized spacial score (nSPS) is 10.8. The largest absolute Gasteiger partial charge is 0.456 e. The van der Waals surface area contributed by atoms with Crippen LogP contribution in [0.2, 0.25) is 5.02 Å². The third-order valence-corrected chi connectivity index (χ3v) is 4.14. The molecule has 3 aromatic carbocycles. The first-order valence-corrected chi connectivity index (χ1v) is 8.82. The fraction of sp³-hybridized carbons (Fsp3) is 0.0476. The van der Waals surface area contributed by atoms with Crippen molar-refractivity contribution in [1.29, 1.82) is 0 Å². The van der Waals surface area contributed by atoms with Gasteiger partial charge in [-0.3, -0.25) is 0 Å². The summed E-state index contributed by atoms with van der Waals surface area (Å²) in [5, 5.41) is 5.14. The minimum Gasteiger partial charge on any atom is -0.456 e. The molecule has 0 unspecified atom stereocenters. The second-order valence-electron chi connectivity index (χ2n) is 6.01. The first kappa shape index (κ1) is 21.0. The first-order valence-electron chi connectivity index (χ1n) is 8.45. The zero-order chi connectivity index (χ0) is 21.7. The SMILES string of the molecule is [C-]#[N+]c1ccc(Oc2cc(NC(=O)Nc3cccc(C(F)(F)F)c3)ccc2Cl)cc1. The highest BCUT2D eigenvalue weighted by Crippen LogP contribution is 2.33. The van der Waals surface area contributed by atoms with Gasteiger partial charge < -0.3 is 15.4 Å². The molecule has 0 spiro atoms. The fourth-order valence-corrected chi connectivity index (χ4v) is 2.60. The van der Waals surface area contributed by atoms with E-state index in [1.807, 2.05) is 0 Å². The van der Waals surface area contributed by atoms with E-state index in [-0.39, 0.29) is 16.5 Å². The molecule has 5 nitrogen and oxygen atoms in total. The van der Waals surface area contributed by atoms with E-state index >= 15 is 0 Å². The lowest BCUT2D eigenvalue weighted by Gasteiger charge is -2.12. The van der Waals surface area contributed by atoms with Crippen LogP contribution in [0.5, 0.6) is 11.5 Å². The Morgan fingerprint density at radius 1 is 0.967 bits per heavy atom. The third kappa shape index (κ3) is 5.43. The van der Waals surface area contributed by atoms with Crippen LogP contribution in [-0.4, -0.2) is 6.03 Å². The van der Waals surface area contributed by atoms with Gasteiger partial charge in [-0.05, 0) is 42.5 Å². The number of ether oxygens (including phenoxy) is 1. The molecule has 0 atom stereocenters. The van der Waals surface area contributed by atoms with Crippen molar-refractivity contribution < 1.29 is 22.7 Å². The summed E-state index contributed by atoms with van der Waals surface area (Å²) in [6, 6.07) is 14.4. The van der Waals surface area contributed by atoms with E-state index in [9.17, 15) is 18.0 Å². The van der Waals surface area contributed by atoms with E-state index in [1.165, 1.54) is 30.3 Å². The second-order valence-corrected chi connectivity index (χ2v) is 6.42. The lowest BCUT2D eigenvalue weighted by atomic mass is 10.2. The molecule has 9 heteroatoms. The van der Waals surface area contributed by atoms with Crippen LogP contribution in [0, 0.1) is 6.57 Å². The number of alkyl halides is 3. The number of carbonyl (C=O) groups excluding carboxylic acids is 1. The van der Waals surface area contributed by atoms with Crippen molar-refractivity contribution >= 4 is 34.7 Å². The molecule has 0 saturated heterocycles. The third-order valence-electron chi connectivity index (χ3n) is 3.83. The summed E-state index contributed by atoms with van der Waals surface area (Å²) >= 11 is 6.12. The summed E-state index contributed by atoms with van der Waals surface area (Å²) in [7, 11) is 0. The molecule has 0 aliphatic rings. The van der Waals surface area contributed by atoms with E-state index in [4.69, 9.17) is 22.9 Å². The Bertz CT molecular complexity index is 1110. The molecule has 0 fully saturated rings. The Kier molecular flexibility index (Phi) is 6.14. The van der Waals surface area contributed by atoms with Gasteiger partial charge >= 0.3 is 12.2 Å². The molecule has 3 rings (SSSR count). The standard InChI is InChI=1S/C21H13ClF3N3O2/c1-26-14-5-8-17(9-6-14)30-19-12-16(7-10-18(19)22)28-20(29)27-15-4-2-3-13(11-15)21(23,24)25/h2-12H,(H2,27,28,29). The molecule has 0 bridgehead atoms. The second kappa shape index (κ2) is 8.76. The van der Waals surface area contributed by atoms with Gasteiger partial charge in [0.25, 0.3) is 0 Å². The number of urea groups is 1. The van der Waals surface area contributed by atoms with Gasteiger partial charge in [0, 0.05) is 17.4 Å². The number of nitrogens with zero attached hydrogens (tertiary/aromatic N) is 1. The van der Waals surface area contributed by atoms with Crippen molar-refractivity contribution in [2.24, 2.45) is 0 Å². The average molecular weight is 432 g/mol. The Balaban J connectivity index is 1.70. The number of anilines is 2. The molecule has 0 aromatic heterocycles. The Morgan fingerprint density at radius 2 is 1.63 bits per heavy atom. The van der Waals surface area contributed by atoms with E-state index in [1.54, 1.807) is 24.3 Å². The van der Waals surface area contributed by atoms with Crippen LogP contribution in [0.25, 0.3) is 4.85 Å². The number of hydrogen-bond donors (Lipinski definition) is 2. The highest BCUT2D eigenvalue weighted by Gasteiger charge is 2.30. The smallest absolute Gasteiger partial charge is 0.416 e. The van der Waals surface area contributed by atoms with Gasteiger partial charge in [0.15, 0.2) is 5.69 Å². The van der Waals surface area contributed by atoms with Crippen LogP contribution in [0.1, 0.15) is 5.56 Å². The Labute approximate surface area is 174 Å². The predicted molar refractivity (Wildman–Crippen MR) is 108 cm³/mol. The van der Waals surface area contributed by atoms with Crippen molar-refractivity contribution in [1.82, 2.24) is 0 Å². The Morgan fingerprint density at radius 3 is 2.27 bits per heavy atom. The monoisotopic (exact) mass is 431 g/mol. The number of halogens is 4. The number of benzene rings is 3. The number of nitrogens with one attached hydrogen (secondary N) is 2. The molecule has 2 amide bonds. The number of hydrogen-bond acceptors (Lipinski definition) is 2. The van der Waals surface area contributed by atoms with Crippen molar-refractivity contribution in [3.05, 3.63) is 88.7 Å². The highest BCUT2D eigenvalue weighted by molar-refractivity contribution is 6.32. The van der Waals surface area contributed by atoms with Crippen LogP contribution in [0.3, 0.4) is 0 Å². The maximum atomic E-state index is 12.8. The van der Waals surface area contributed by atoms with Crippen LogP contribution < -0.4 is 15.4 Å². The van der Waals surface area contributed by atoms with Crippen molar-refractivity contribution in [2.45, 2.75) is 6.18 Å². The zero-order valence-electron chi connectivity index (χ0n) is 15.1. The zero-order valence-corrected chi connectivity index (χ0v) is 15.9. The molecule has 3 aromatic rings. The summed E-state index contributed by atoms with van der Waals surface area (Å²) < 4.78 is 44.0. The lowest BCUT2D eigenvalue weighted by molar-refractivity contribution is -0.137. The van der Waals surface area contributed by atoms with Crippen LogP contribution in [0.15, 0.2) is 66.7 Å². The van der Waals surface area contributed by atoms with Crippen LogP contribution in [-0.2, 0) is 6.18 Å². The quantitative estimate of drug-likeness (QED) is 0.424.